The number of aryl methyl sites for hydroxylation is 1. The standard InChI is InChI=1S/C18H20N4O2S/c1-12-9-16-19-20-18(22(16)15-6-4-3-5-14(12)15)25-11-17(23)21-7-8-24-13(2)10-21/h3-6,9,13H,7-8,10-11H2,1-2H3. The van der Waals surface area contributed by atoms with Gasteiger partial charge < -0.3 is 9.64 Å². The molecule has 25 heavy (non-hydrogen) atoms. The summed E-state index contributed by atoms with van der Waals surface area (Å²) in [5.74, 6) is 0.476. The van der Waals surface area contributed by atoms with E-state index < -0.39 is 0 Å². The van der Waals surface area contributed by atoms with E-state index in [9.17, 15) is 4.79 Å². The molecule has 1 aliphatic heterocycles. The van der Waals surface area contributed by atoms with E-state index >= 15 is 0 Å². The Labute approximate surface area is 150 Å². The number of ether oxygens (including phenoxy) is 1. The number of fused-ring (bicyclic) bond motifs is 3. The number of benzene rings is 1. The van der Waals surface area contributed by atoms with Gasteiger partial charge in [0.15, 0.2) is 10.8 Å². The van der Waals surface area contributed by atoms with Gasteiger partial charge in [-0.25, -0.2) is 0 Å². The Bertz CT molecular complexity index is 939. The first-order valence-electron chi connectivity index (χ1n) is 8.39. The molecule has 1 atom stereocenters. The number of morpholine rings is 1. The van der Waals surface area contributed by atoms with Crippen LogP contribution in [0.3, 0.4) is 0 Å². The molecule has 3 heterocycles. The van der Waals surface area contributed by atoms with E-state index in [2.05, 4.69) is 29.3 Å². The highest BCUT2D eigenvalue weighted by Gasteiger charge is 2.22. The number of rotatable bonds is 3. The van der Waals surface area contributed by atoms with Crippen molar-refractivity contribution in [2.45, 2.75) is 25.1 Å². The minimum atomic E-state index is 0.101. The van der Waals surface area contributed by atoms with Gasteiger partial charge in [0.2, 0.25) is 5.91 Å². The summed E-state index contributed by atoms with van der Waals surface area (Å²) in [7, 11) is 0. The molecule has 0 aliphatic carbocycles. The molecule has 0 bridgehead atoms. The van der Waals surface area contributed by atoms with Crippen LogP contribution in [0.5, 0.6) is 0 Å². The predicted molar refractivity (Wildman–Crippen MR) is 97.9 cm³/mol. The molecule has 1 saturated heterocycles. The second kappa shape index (κ2) is 6.65. The van der Waals surface area contributed by atoms with Crippen LogP contribution in [-0.2, 0) is 9.53 Å². The van der Waals surface area contributed by atoms with Crippen molar-refractivity contribution in [2.75, 3.05) is 25.4 Å². The van der Waals surface area contributed by atoms with Crippen molar-refractivity contribution in [2.24, 2.45) is 0 Å². The van der Waals surface area contributed by atoms with E-state index in [0.29, 0.717) is 25.4 Å². The Morgan fingerprint density at radius 3 is 3.04 bits per heavy atom. The first kappa shape index (κ1) is 16.4. The summed E-state index contributed by atoms with van der Waals surface area (Å²) < 4.78 is 7.53. The maximum Gasteiger partial charge on any atom is 0.233 e. The van der Waals surface area contributed by atoms with Gasteiger partial charge in [-0.2, -0.15) is 0 Å². The highest BCUT2D eigenvalue weighted by Crippen LogP contribution is 2.26. The molecule has 130 valence electrons. The quantitative estimate of drug-likeness (QED) is 0.675. The zero-order chi connectivity index (χ0) is 17.4. The van der Waals surface area contributed by atoms with E-state index in [1.807, 2.05) is 34.4 Å². The number of thioether (sulfide) groups is 1. The third-order valence-electron chi connectivity index (χ3n) is 4.49. The predicted octanol–water partition coefficient (Wildman–Crippen LogP) is 2.53. The maximum atomic E-state index is 12.5. The summed E-state index contributed by atoms with van der Waals surface area (Å²) in [5.41, 5.74) is 3.05. The van der Waals surface area contributed by atoms with Crippen LogP contribution in [0, 0.1) is 6.92 Å². The highest BCUT2D eigenvalue weighted by atomic mass is 32.2. The summed E-state index contributed by atoms with van der Waals surface area (Å²) in [5, 5.41) is 10.5. The second-order valence-electron chi connectivity index (χ2n) is 6.33. The van der Waals surface area contributed by atoms with E-state index in [-0.39, 0.29) is 12.0 Å². The van der Waals surface area contributed by atoms with Gasteiger partial charge >= 0.3 is 0 Å². The SMILES string of the molecule is Cc1cc2nnc(SCC(=O)N3CCOC(C)C3)n2c2ccccc12. The molecule has 1 aliphatic rings. The molecule has 0 N–H and O–H groups in total. The van der Waals surface area contributed by atoms with Crippen LogP contribution in [0.25, 0.3) is 16.6 Å². The molecule has 1 fully saturated rings. The van der Waals surface area contributed by atoms with Gasteiger partial charge in [0, 0.05) is 18.5 Å². The summed E-state index contributed by atoms with van der Waals surface area (Å²) in [6.07, 6.45) is 0.101. The van der Waals surface area contributed by atoms with Crippen molar-refractivity contribution in [3.8, 4) is 0 Å². The number of pyridine rings is 1. The molecule has 0 spiro atoms. The number of aromatic nitrogens is 3. The van der Waals surface area contributed by atoms with Gasteiger partial charge in [0.1, 0.15) is 0 Å². The monoisotopic (exact) mass is 356 g/mol. The first-order chi connectivity index (χ1) is 12.1. The lowest BCUT2D eigenvalue weighted by Crippen LogP contribution is -2.45. The minimum Gasteiger partial charge on any atom is -0.375 e. The second-order valence-corrected chi connectivity index (χ2v) is 7.27. The Morgan fingerprint density at radius 2 is 2.20 bits per heavy atom. The first-order valence-corrected chi connectivity index (χ1v) is 9.37. The summed E-state index contributed by atoms with van der Waals surface area (Å²) >= 11 is 1.44. The zero-order valence-electron chi connectivity index (χ0n) is 14.3. The molecule has 4 rings (SSSR count). The van der Waals surface area contributed by atoms with Crippen molar-refractivity contribution >= 4 is 34.2 Å². The van der Waals surface area contributed by atoms with Crippen molar-refractivity contribution in [3.05, 3.63) is 35.9 Å². The molecular weight excluding hydrogens is 336 g/mol. The topological polar surface area (TPSA) is 59.7 Å². The molecule has 3 aromatic rings. The van der Waals surface area contributed by atoms with Crippen molar-refractivity contribution in [3.63, 3.8) is 0 Å². The van der Waals surface area contributed by atoms with Crippen LogP contribution in [0.4, 0.5) is 0 Å². The van der Waals surface area contributed by atoms with Crippen LogP contribution in [0.2, 0.25) is 0 Å². The number of hydrogen-bond acceptors (Lipinski definition) is 5. The largest absolute Gasteiger partial charge is 0.375 e. The van der Waals surface area contributed by atoms with Gasteiger partial charge in [-0.1, -0.05) is 30.0 Å². The molecule has 7 heteroatoms. The summed E-state index contributed by atoms with van der Waals surface area (Å²) in [6.45, 7) is 5.99. The van der Waals surface area contributed by atoms with Gasteiger partial charge in [-0.3, -0.25) is 9.20 Å². The van der Waals surface area contributed by atoms with E-state index in [4.69, 9.17) is 4.74 Å². The van der Waals surface area contributed by atoms with Crippen molar-refractivity contribution in [1.82, 2.24) is 19.5 Å². The Morgan fingerprint density at radius 1 is 1.36 bits per heavy atom. The van der Waals surface area contributed by atoms with E-state index in [1.165, 1.54) is 22.7 Å². The number of nitrogens with zero attached hydrogens (tertiary/aromatic N) is 4. The molecule has 1 amide bonds. The average molecular weight is 356 g/mol. The van der Waals surface area contributed by atoms with E-state index in [0.717, 1.165) is 16.3 Å². The average Bonchev–Trinajstić information content (AvgIpc) is 3.03. The van der Waals surface area contributed by atoms with Crippen LogP contribution in [-0.4, -0.2) is 57.0 Å². The lowest BCUT2D eigenvalue weighted by atomic mass is 10.1. The minimum absolute atomic E-state index is 0.101. The molecule has 0 saturated carbocycles. The smallest absolute Gasteiger partial charge is 0.233 e. The van der Waals surface area contributed by atoms with Crippen LogP contribution in [0.1, 0.15) is 12.5 Å². The summed E-state index contributed by atoms with van der Waals surface area (Å²) in [4.78, 5) is 14.4. The Kier molecular flexibility index (Phi) is 4.35. The van der Waals surface area contributed by atoms with Crippen LogP contribution < -0.4 is 0 Å². The third-order valence-corrected chi connectivity index (χ3v) is 5.41. The fourth-order valence-corrected chi connectivity index (χ4v) is 4.09. The van der Waals surface area contributed by atoms with Gasteiger partial charge in [0.05, 0.1) is 24.0 Å². The normalized spacial score (nSPS) is 18.2. The molecule has 6 nitrogen and oxygen atoms in total. The maximum absolute atomic E-state index is 12.5. The fraction of sp³-hybridized carbons (Fsp3) is 0.389. The van der Waals surface area contributed by atoms with Crippen LogP contribution in [0.15, 0.2) is 35.5 Å². The number of carbonyl (C=O) groups excluding carboxylic acids is 1. The number of para-hydroxylation sites is 1. The van der Waals surface area contributed by atoms with Crippen molar-refractivity contribution < 1.29 is 9.53 Å². The van der Waals surface area contributed by atoms with Gasteiger partial charge in [0.25, 0.3) is 0 Å². The van der Waals surface area contributed by atoms with Gasteiger partial charge in [-0.15, -0.1) is 10.2 Å². The number of hydrogen-bond donors (Lipinski definition) is 0. The van der Waals surface area contributed by atoms with Crippen LogP contribution >= 0.6 is 11.8 Å². The third kappa shape index (κ3) is 3.09. The number of carbonyl (C=O) groups is 1. The zero-order valence-corrected chi connectivity index (χ0v) is 15.1. The molecular formula is C18H20N4O2S. The fourth-order valence-electron chi connectivity index (χ4n) is 3.23. The van der Waals surface area contributed by atoms with Gasteiger partial charge in [-0.05, 0) is 31.5 Å². The summed E-state index contributed by atoms with van der Waals surface area (Å²) in [6, 6.07) is 10.2. The van der Waals surface area contributed by atoms with E-state index in [1.54, 1.807) is 0 Å². The highest BCUT2D eigenvalue weighted by molar-refractivity contribution is 7.99. The lowest BCUT2D eigenvalue weighted by Gasteiger charge is -2.31. The molecule has 2 aromatic heterocycles. The molecule has 0 radical (unpaired) electrons. The Hall–Kier alpha value is -2.12. The molecule has 1 aromatic carbocycles. The Balaban J connectivity index is 1.60. The lowest BCUT2D eigenvalue weighted by molar-refractivity contribution is -0.135. The molecule has 1 unspecified atom stereocenters. The van der Waals surface area contributed by atoms with Crippen molar-refractivity contribution in [1.29, 1.82) is 0 Å². The number of amides is 1.